The molecule has 0 aromatic rings. The summed E-state index contributed by atoms with van der Waals surface area (Å²) in [5.74, 6) is -2.27. The van der Waals surface area contributed by atoms with Crippen molar-refractivity contribution in [2.45, 2.75) is 6.18 Å². The highest BCUT2D eigenvalue weighted by Crippen LogP contribution is 2.15. The summed E-state index contributed by atoms with van der Waals surface area (Å²) in [4.78, 5) is 19.4. The van der Waals surface area contributed by atoms with Crippen molar-refractivity contribution in [2.75, 3.05) is 13.2 Å². The van der Waals surface area contributed by atoms with Gasteiger partial charge in [0.1, 0.15) is 6.61 Å². The molecule has 0 aliphatic carbocycles. The Morgan fingerprint density at radius 2 is 2.08 bits per heavy atom. The predicted octanol–water partition coefficient (Wildman–Crippen LogP) is -0.251. The molecule has 0 bridgehead atoms. The van der Waals surface area contributed by atoms with Gasteiger partial charge in [-0.05, 0) is 0 Å². The van der Waals surface area contributed by atoms with E-state index < -0.39 is 18.8 Å². The molecule has 0 saturated heterocycles. The molecule has 0 fully saturated rings. The van der Waals surface area contributed by atoms with Gasteiger partial charge < -0.3 is 10.1 Å². The van der Waals surface area contributed by atoms with E-state index in [0.717, 1.165) is 0 Å². The number of nitrogens with one attached hydrogen (secondary N) is 1. The van der Waals surface area contributed by atoms with Crippen LogP contribution in [-0.2, 0) is 14.3 Å². The molecular weight excluding hydrogens is 179 g/mol. The van der Waals surface area contributed by atoms with E-state index in [1.807, 2.05) is 5.32 Å². The van der Waals surface area contributed by atoms with Gasteiger partial charge in [0, 0.05) is 0 Å². The number of esters is 1. The average molecular weight is 184 g/mol. The molecule has 1 N–H and O–H groups in total. The van der Waals surface area contributed by atoms with Gasteiger partial charge in [-0.1, -0.05) is 0 Å². The first-order valence-electron chi connectivity index (χ1n) is 2.82. The smallest absolute Gasteiger partial charge is 0.457 e. The fourth-order valence-electron chi connectivity index (χ4n) is 0.328. The Bertz CT molecular complexity index is 168. The second kappa shape index (κ2) is 4.58. The van der Waals surface area contributed by atoms with E-state index in [1.54, 1.807) is 0 Å². The minimum atomic E-state index is -4.98. The molecule has 0 spiro atoms. The molecule has 0 heterocycles. The Hall–Kier alpha value is -1.27. The van der Waals surface area contributed by atoms with E-state index in [2.05, 4.69) is 4.74 Å². The molecule has 12 heavy (non-hydrogen) atoms. The van der Waals surface area contributed by atoms with Crippen LogP contribution in [0.1, 0.15) is 0 Å². The van der Waals surface area contributed by atoms with Crippen molar-refractivity contribution in [3.63, 3.8) is 0 Å². The highest BCUT2D eigenvalue weighted by atomic mass is 19.4. The highest BCUT2D eigenvalue weighted by Gasteiger charge is 2.40. The van der Waals surface area contributed by atoms with Crippen LogP contribution < -0.4 is 5.32 Å². The van der Waals surface area contributed by atoms with Crippen LogP contribution in [0.2, 0.25) is 0 Å². The number of amides is 1. The lowest BCUT2D eigenvalue weighted by Gasteiger charge is -2.05. The third-order valence-electron chi connectivity index (χ3n) is 0.764. The molecule has 4 nitrogen and oxygen atoms in total. The van der Waals surface area contributed by atoms with E-state index in [9.17, 15) is 22.8 Å². The second-order valence-electron chi connectivity index (χ2n) is 1.66. The molecule has 1 radical (unpaired) electrons. The molecule has 0 aliphatic heterocycles. The molecule has 0 aromatic carbocycles. The molecule has 0 rings (SSSR count). The Morgan fingerprint density at radius 3 is 2.50 bits per heavy atom. The van der Waals surface area contributed by atoms with Gasteiger partial charge >= 0.3 is 18.6 Å². The van der Waals surface area contributed by atoms with Gasteiger partial charge in [0.05, 0.1) is 6.54 Å². The minimum absolute atomic E-state index is 0.189. The van der Waals surface area contributed by atoms with Crippen molar-refractivity contribution >= 4 is 12.4 Å². The summed E-state index contributed by atoms with van der Waals surface area (Å²) in [5.41, 5.74) is 0. The maximum absolute atomic E-state index is 11.4. The van der Waals surface area contributed by atoms with Crippen LogP contribution in [0.5, 0.6) is 0 Å². The Labute approximate surface area is 65.7 Å². The maximum atomic E-state index is 11.4. The zero-order valence-corrected chi connectivity index (χ0v) is 5.77. The van der Waals surface area contributed by atoms with Gasteiger partial charge in [-0.25, -0.2) is 4.79 Å². The van der Waals surface area contributed by atoms with E-state index in [-0.39, 0.29) is 6.54 Å². The van der Waals surface area contributed by atoms with Gasteiger partial charge in [-0.3, -0.25) is 4.79 Å². The van der Waals surface area contributed by atoms with E-state index in [0.29, 0.717) is 0 Å². The van der Waals surface area contributed by atoms with Crippen molar-refractivity contribution in [3.8, 4) is 0 Å². The Balaban J connectivity index is 3.51. The second-order valence-corrected chi connectivity index (χ2v) is 1.66. The fourth-order valence-corrected chi connectivity index (χ4v) is 0.328. The molecule has 0 unspecified atom stereocenters. The van der Waals surface area contributed by atoms with Crippen LogP contribution in [0.3, 0.4) is 0 Å². The summed E-state index contributed by atoms with van der Waals surface area (Å²) in [7, 11) is 0. The van der Waals surface area contributed by atoms with E-state index >= 15 is 0 Å². The predicted molar refractivity (Wildman–Crippen MR) is 30.7 cm³/mol. The maximum Gasteiger partial charge on any atom is 0.490 e. The molecule has 0 aromatic heterocycles. The third kappa shape index (κ3) is 4.53. The zero-order valence-electron chi connectivity index (χ0n) is 5.77. The van der Waals surface area contributed by atoms with Crippen molar-refractivity contribution in [1.29, 1.82) is 0 Å². The van der Waals surface area contributed by atoms with Gasteiger partial charge in [0.25, 0.3) is 0 Å². The van der Waals surface area contributed by atoms with E-state index in [1.165, 1.54) is 6.41 Å². The van der Waals surface area contributed by atoms with Crippen molar-refractivity contribution < 1.29 is 27.5 Å². The van der Waals surface area contributed by atoms with Crippen LogP contribution in [0.15, 0.2) is 0 Å². The number of halogens is 3. The van der Waals surface area contributed by atoms with Crippen molar-refractivity contribution in [1.82, 2.24) is 5.32 Å². The molecule has 1 amide bonds. The van der Waals surface area contributed by atoms with E-state index in [4.69, 9.17) is 0 Å². The van der Waals surface area contributed by atoms with Crippen LogP contribution in [0.25, 0.3) is 0 Å². The minimum Gasteiger partial charge on any atom is -0.457 e. The number of alkyl halides is 3. The summed E-state index contributed by atoms with van der Waals surface area (Å²) in [5, 5.41) is 1.90. The molecule has 0 aliphatic rings. The summed E-state index contributed by atoms with van der Waals surface area (Å²) >= 11 is 0. The third-order valence-corrected chi connectivity index (χ3v) is 0.764. The summed E-state index contributed by atoms with van der Waals surface area (Å²) in [6.45, 7) is -0.709. The highest BCUT2D eigenvalue weighted by molar-refractivity contribution is 5.75. The van der Waals surface area contributed by atoms with Crippen LogP contribution in [0.4, 0.5) is 13.2 Å². The van der Waals surface area contributed by atoms with Gasteiger partial charge in [-0.2, -0.15) is 13.2 Å². The zero-order chi connectivity index (χ0) is 9.61. The largest absolute Gasteiger partial charge is 0.490 e. The molecule has 69 valence electrons. The van der Waals surface area contributed by atoms with Crippen molar-refractivity contribution in [2.24, 2.45) is 0 Å². The van der Waals surface area contributed by atoms with Gasteiger partial charge in [-0.15, -0.1) is 0 Å². The lowest BCUT2D eigenvalue weighted by molar-refractivity contribution is -0.199. The Morgan fingerprint density at radius 1 is 1.50 bits per heavy atom. The SMILES string of the molecule is O=[C]NCCOC(=O)C(F)(F)F. The van der Waals surface area contributed by atoms with Gasteiger partial charge in [0.15, 0.2) is 0 Å². The molecular formula is C5H5F3NO3. The number of ether oxygens (including phenoxy) is 1. The van der Waals surface area contributed by atoms with Crippen LogP contribution >= 0.6 is 0 Å². The summed E-state index contributed by atoms with van der Waals surface area (Å²) in [6.07, 6.45) is -3.77. The molecule has 7 heteroatoms. The normalized spacial score (nSPS) is 10.6. The number of carbonyl (C=O) groups is 1. The lowest BCUT2D eigenvalue weighted by Crippen LogP contribution is -2.28. The first kappa shape index (κ1) is 10.7. The summed E-state index contributed by atoms with van der Waals surface area (Å²) < 4.78 is 37.9. The molecule has 0 saturated carbocycles. The van der Waals surface area contributed by atoms with Crippen molar-refractivity contribution in [3.05, 3.63) is 0 Å². The topological polar surface area (TPSA) is 55.4 Å². The lowest BCUT2D eigenvalue weighted by atomic mass is 10.6. The molecule has 0 atom stereocenters. The first-order chi connectivity index (χ1) is 5.48. The monoisotopic (exact) mass is 184 g/mol. The average Bonchev–Trinajstić information content (AvgIpc) is 1.96. The fraction of sp³-hybridized carbons (Fsp3) is 0.600. The number of rotatable bonds is 4. The number of carbonyl (C=O) groups excluding carboxylic acids is 2. The van der Waals surface area contributed by atoms with Crippen LogP contribution in [-0.4, -0.2) is 31.7 Å². The number of hydrogen-bond acceptors (Lipinski definition) is 3. The Kier molecular flexibility index (Phi) is 4.09. The first-order valence-corrected chi connectivity index (χ1v) is 2.82. The number of hydrogen-bond donors (Lipinski definition) is 1. The quantitative estimate of drug-likeness (QED) is 0.372. The van der Waals surface area contributed by atoms with Crippen LogP contribution in [0, 0.1) is 0 Å². The van der Waals surface area contributed by atoms with Gasteiger partial charge in [0.2, 0.25) is 0 Å². The summed E-state index contributed by atoms with van der Waals surface area (Å²) in [6, 6.07) is 0. The standard InChI is InChI=1S/C5H5F3NO3/c6-5(7,8)4(11)12-2-1-9-3-10/h1-2H2,(H,9,10).